The Morgan fingerprint density at radius 3 is 2.43 bits per heavy atom. The van der Waals surface area contributed by atoms with E-state index in [-0.39, 0.29) is 18.1 Å². The summed E-state index contributed by atoms with van der Waals surface area (Å²) >= 11 is 0. The van der Waals surface area contributed by atoms with Gasteiger partial charge in [-0.2, -0.15) is 4.31 Å². The second-order valence-corrected chi connectivity index (χ2v) is 9.35. The Bertz CT molecular complexity index is 666. The van der Waals surface area contributed by atoms with Crippen LogP contribution in [0.5, 0.6) is 0 Å². The van der Waals surface area contributed by atoms with Gasteiger partial charge in [0.2, 0.25) is 10.0 Å². The van der Waals surface area contributed by atoms with Crippen LogP contribution in [0.15, 0.2) is 35.2 Å². The summed E-state index contributed by atoms with van der Waals surface area (Å²) < 4.78 is 27.0. The minimum atomic E-state index is -3.38. The maximum atomic E-state index is 12.7. The molecule has 1 N–H and O–H groups in total. The van der Waals surface area contributed by atoms with Crippen LogP contribution in [0.1, 0.15) is 19.3 Å². The number of hydrogen-bond donors (Lipinski definition) is 1. The Labute approximate surface area is 138 Å². The predicted molar refractivity (Wildman–Crippen MR) is 87.4 cm³/mol. The Hall–Kier alpha value is -0.950. The maximum Gasteiger partial charge on any atom is 0.243 e. The van der Waals surface area contributed by atoms with Crippen LogP contribution in [0.3, 0.4) is 0 Å². The van der Waals surface area contributed by atoms with Crippen LogP contribution in [0.2, 0.25) is 0 Å². The van der Waals surface area contributed by atoms with Crippen LogP contribution in [-0.4, -0.2) is 61.1 Å². The fourth-order valence-corrected chi connectivity index (χ4v) is 5.71. The Balaban J connectivity index is 1.50. The normalized spacial score (nSPS) is 28.1. The molecule has 0 radical (unpaired) electrons. The highest BCUT2D eigenvalue weighted by Crippen LogP contribution is 2.44. The van der Waals surface area contributed by atoms with Crippen LogP contribution in [0.25, 0.3) is 0 Å². The van der Waals surface area contributed by atoms with Gasteiger partial charge in [0, 0.05) is 38.3 Å². The second kappa shape index (κ2) is 5.55. The SMILES string of the molecule is O=S(=O)(c1ccccc1)N1CC2(C[C@H](CO)CN2CC2CC2)C1. The van der Waals surface area contributed by atoms with Crippen molar-refractivity contribution in [2.45, 2.75) is 29.7 Å². The fraction of sp³-hybridized carbons (Fsp3) is 0.647. The largest absolute Gasteiger partial charge is 0.396 e. The van der Waals surface area contributed by atoms with Gasteiger partial charge in [0.15, 0.2) is 0 Å². The van der Waals surface area contributed by atoms with Gasteiger partial charge in [0.1, 0.15) is 0 Å². The lowest BCUT2D eigenvalue weighted by Crippen LogP contribution is -2.68. The molecule has 1 aliphatic carbocycles. The van der Waals surface area contributed by atoms with Crippen molar-refractivity contribution in [3.05, 3.63) is 30.3 Å². The van der Waals surface area contributed by atoms with Gasteiger partial charge in [-0.15, -0.1) is 0 Å². The van der Waals surface area contributed by atoms with E-state index in [0.29, 0.717) is 18.0 Å². The molecule has 2 aliphatic heterocycles. The molecule has 0 amide bonds. The zero-order chi connectivity index (χ0) is 16.1. The zero-order valence-electron chi connectivity index (χ0n) is 13.3. The maximum absolute atomic E-state index is 12.7. The Kier molecular flexibility index (Phi) is 3.76. The molecule has 3 fully saturated rings. The third-order valence-electron chi connectivity index (χ3n) is 5.57. The molecule has 6 heteroatoms. The molecule has 2 saturated heterocycles. The molecule has 126 valence electrons. The number of benzene rings is 1. The van der Waals surface area contributed by atoms with Crippen LogP contribution < -0.4 is 0 Å². The van der Waals surface area contributed by atoms with Gasteiger partial charge in [-0.1, -0.05) is 18.2 Å². The van der Waals surface area contributed by atoms with Gasteiger partial charge in [-0.3, -0.25) is 4.90 Å². The molecule has 1 aromatic carbocycles. The molecule has 0 aromatic heterocycles. The molecule has 1 spiro atoms. The van der Waals surface area contributed by atoms with E-state index < -0.39 is 10.0 Å². The van der Waals surface area contributed by atoms with E-state index in [1.54, 1.807) is 28.6 Å². The van der Waals surface area contributed by atoms with E-state index in [4.69, 9.17) is 0 Å². The van der Waals surface area contributed by atoms with E-state index >= 15 is 0 Å². The fourth-order valence-electron chi connectivity index (χ4n) is 4.09. The first kappa shape index (κ1) is 15.6. The number of aliphatic hydroxyl groups is 1. The number of sulfonamides is 1. The van der Waals surface area contributed by atoms with Crippen LogP contribution in [0, 0.1) is 11.8 Å². The smallest absolute Gasteiger partial charge is 0.243 e. The topological polar surface area (TPSA) is 60.9 Å². The number of likely N-dealkylation sites (tertiary alicyclic amines) is 1. The predicted octanol–water partition coefficient (Wildman–Crippen LogP) is 1.15. The highest BCUT2D eigenvalue weighted by molar-refractivity contribution is 7.89. The summed E-state index contributed by atoms with van der Waals surface area (Å²) in [6, 6.07) is 8.68. The summed E-state index contributed by atoms with van der Waals surface area (Å²) in [5.74, 6) is 1.07. The third-order valence-corrected chi connectivity index (χ3v) is 7.38. The van der Waals surface area contributed by atoms with Crippen molar-refractivity contribution in [1.82, 2.24) is 9.21 Å². The molecule has 2 heterocycles. The molecule has 5 nitrogen and oxygen atoms in total. The lowest BCUT2D eigenvalue weighted by atomic mass is 9.86. The van der Waals surface area contributed by atoms with Gasteiger partial charge in [0.25, 0.3) is 0 Å². The minimum absolute atomic E-state index is 0.0438. The first-order valence-corrected chi connectivity index (χ1v) is 9.89. The molecule has 4 rings (SSSR count). The number of aliphatic hydroxyl groups excluding tert-OH is 1. The second-order valence-electron chi connectivity index (χ2n) is 7.41. The Morgan fingerprint density at radius 2 is 1.83 bits per heavy atom. The summed E-state index contributed by atoms with van der Waals surface area (Å²) in [6.07, 6.45) is 3.50. The minimum Gasteiger partial charge on any atom is -0.396 e. The number of nitrogens with zero attached hydrogens (tertiary/aromatic N) is 2. The van der Waals surface area contributed by atoms with Crippen molar-refractivity contribution in [2.24, 2.45) is 11.8 Å². The van der Waals surface area contributed by atoms with E-state index in [2.05, 4.69) is 4.90 Å². The summed E-state index contributed by atoms with van der Waals surface area (Å²) in [5, 5.41) is 9.53. The van der Waals surface area contributed by atoms with Crippen LogP contribution >= 0.6 is 0 Å². The van der Waals surface area contributed by atoms with Crippen molar-refractivity contribution < 1.29 is 13.5 Å². The number of rotatable bonds is 5. The third kappa shape index (κ3) is 2.71. The average Bonchev–Trinajstić information content (AvgIpc) is 3.25. The lowest BCUT2D eigenvalue weighted by Gasteiger charge is -2.52. The highest BCUT2D eigenvalue weighted by Gasteiger charge is 2.56. The highest BCUT2D eigenvalue weighted by atomic mass is 32.2. The molecule has 0 bridgehead atoms. The van der Waals surface area contributed by atoms with Crippen LogP contribution in [-0.2, 0) is 10.0 Å². The molecule has 1 saturated carbocycles. The first-order chi connectivity index (χ1) is 11.0. The molecule has 23 heavy (non-hydrogen) atoms. The van der Waals surface area contributed by atoms with E-state index in [1.165, 1.54) is 12.8 Å². The van der Waals surface area contributed by atoms with Gasteiger partial charge >= 0.3 is 0 Å². The summed E-state index contributed by atoms with van der Waals surface area (Å²) in [6.45, 7) is 3.30. The van der Waals surface area contributed by atoms with E-state index in [1.807, 2.05) is 6.07 Å². The molecule has 0 unspecified atom stereocenters. The molecule has 1 atom stereocenters. The molecular formula is C17H24N2O3S. The summed E-state index contributed by atoms with van der Waals surface area (Å²) in [7, 11) is -3.38. The monoisotopic (exact) mass is 336 g/mol. The number of hydrogen-bond acceptors (Lipinski definition) is 4. The van der Waals surface area contributed by atoms with Gasteiger partial charge < -0.3 is 5.11 Å². The average molecular weight is 336 g/mol. The van der Waals surface area contributed by atoms with Crippen molar-refractivity contribution >= 4 is 10.0 Å². The van der Waals surface area contributed by atoms with Crippen molar-refractivity contribution in [3.63, 3.8) is 0 Å². The van der Waals surface area contributed by atoms with Gasteiger partial charge in [-0.25, -0.2) is 8.42 Å². The first-order valence-electron chi connectivity index (χ1n) is 8.45. The van der Waals surface area contributed by atoms with Gasteiger partial charge in [0.05, 0.1) is 4.90 Å². The standard InChI is InChI=1S/C17H24N2O3S/c20-11-15-8-17(18(10-15)9-14-6-7-14)12-19(13-17)23(21,22)16-4-2-1-3-5-16/h1-5,14-15,20H,6-13H2/t15-/m0/s1. The van der Waals surface area contributed by atoms with Crippen molar-refractivity contribution in [2.75, 3.05) is 32.8 Å². The van der Waals surface area contributed by atoms with E-state index in [9.17, 15) is 13.5 Å². The Morgan fingerprint density at radius 1 is 1.13 bits per heavy atom. The molecule has 1 aromatic rings. The summed E-state index contributed by atoms with van der Waals surface area (Å²) in [5.41, 5.74) is -0.0438. The summed E-state index contributed by atoms with van der Waals surface area (Å²) in [4.78, 5) is 2.84. The lowest BCUT2D eigenvalue weighted by molar-refractivity contribution is 0.0168. The van der Waals surface area contributed by atoms with Gasteiger partial charge in [-0.05, 0) is 43.2 Å². The quantitative estimate of drug-likeness (QED) is 0.876. The van der Waals surface area contributed by atoms with E-state index in [0.717, 1.165) is 25.4 Å². The zero-order valence-corrected chi connectivity index (χ0v) is 14.1. The van der Waals surface area contributed by atoms with Crippen molar-refractivity contribution in [3.8, 4) is 0 Å². The molecular weight excluding hydrogens is 312 g/mol. The van der Waals surface area contributed by atoms with Crippen LogP contribution in [0.4, 0.5) is 0 Å². The van der Waals surface area contributed by atoms with Crippen molar-refractivity contribution in [1.29, 1.82) is 0 Å². The molecule has 3 aliphatic rings.